The molecule has 0 radical (unpaired) electrons. The first-order valence-electron chi connectivity index (χ1n) is 7.30. The van der Waals surface area contributed by atoms with E-state index in [9.17, 15) is 20.0 Å². The molecular formula is C15H20N2O4. The van der Waals surface area contributed by atoms with E-state index in [1.165, 1.54) is 24.6 Å². The molecule has 1 aromatic rings. The van der Waals surface area contributed by atoms with Crippen LogP contribution in [0.5, 0.6) is 0 Å². The fourth-order valence-electron chi connectivity index (χ4n) is 2.87. The number of benzene rings is 1. The molecule has 1 fully saturated rings. The number of nitro groups is 1. The van der Waals surface area contributed by atoms with Gasteiger partial charge in [0.25, 0.3) is 11.6 Å². The number of amides is 1. The van der Waals surface area contributed by atoms with Crippen LogP contribution in [0.1, 0.15) is 42.5 Å². The Hall–Kier alpha value is -1.95. The molecular weight excluding hydrogens is 272 g/mol. The van der Waals surface area contributed by atoms with E-state index in [2.05, 4.69) is 0 Å². The summed E-state index contributed by atoms with van der Waals surface area (Å²) in [5, 5.41) is 20.0. The van der Waals surface area contributed by atoms with Crippen LogP contribution in [0, 0.1) is 10.1 Å². The molecule has 0 aliphatic heterocycles. The van der Waals surface area contributed by atoms with Crippen molar-refractivity contribution in [3.63, 3.8) is 0 Å². The van der Waals surface area contributed by atoms with E-state index in [0.29, 0.717) is 5.56 Å². The topological polar surface area (TPSA) is 83.7 Å². The standard InChI is InChI=1S/C15H20N2O4/c18-10-9-16(13-6-2-1-3-7-13)15(19)12-5-4-8-14(11-12)17(20)21/h4-5,8,11,13,18H,1-3,6-7,9-10H2. The zero-order chi connectivity index (χ0) is 15.2. The van der Waals surface area contributed by atoms with E-state index in [1.54, 1.807) is 11.0 Å². The van der Waals surface area contributed by atoms with Crippen LogP contribution in [0.3, 0.4) is 0 Å². The van der Waals surface area contributed by atoms with E-state index in [-0.39, 0.29) is 30.8 Å². The highest BCUT2D eigenvalue weighted by molar-refractivity contribution is 5.95. The first-order chi connectivity index (χ1) is 10.1. The van der Waals surface area contributed by atoms with E-state index in [4.69, 9.17) is 0 Å². The van der Waals surface area contributed by atoms with Gasteiger partial charge in [-0.2, -0.15) is 0 Å². The molecule has 2 rings (SSSR count). The highest BCUT2D eigenvalue weighted by Gasteiger charge is 2.26. The molecule has 6 nitrogen and oxygen atoms in total. The van der Waals surface area contributed by atoms with Crippen LogP contribution >= 0.6 is 0 Å². The Kier molecular flexibility index (Phi) is 5.27. The summed E-state index contributed by atoms with van der Waals surface area (Å²) in [6.45, 7) is 0.170. The van der Waals surface area contributed by atoms with Gasteiger partial charge >= 0.3 is 0 Å². The predicted molar refractivity (Wildman–Crippen MR) is 78.1 cm³/mol. The Morgan fingerprint density at radius 3 is 2.67 bits per heavy atom. The second-order valence-electron chi connectivity index (χ2n) is 5.32. The SMILES string of the molecule is O=C(c1cccc([N+](=O)[O-])c1)N(CCO)C1CCCCC1. The molecule has 0 saturated heterocycles. The number of hydrogen-bond donors (Lipinski definition) is 1. The van der Waals surface area contributed by atoms with Gasteiger partial charge in [0.2, 0.25) is 0 Å². The number of carbonyl (C=O) groups is 1. The van der Waals surface area contributed by atoms with Gasteiger partial charge in [-0.3, -0.25) is 14.9 Å². The van der Waals surface area contributed by atoms with Crippen molar-refractivity contribution in [1.82, 2.24) is 4.90 Å². The van der Waals surface area contributed by atoms with Gasteiger partial charge in [-0.25, -0.2) is 0 Å². The monoisotopic (exact) mass is 292 g/mol. The van der Waals surface area contributed by atoms with Crippen LogP contribution in [0.2, 0.25) is 0 Å². The molecule has 1 aliphatic carbocycles. The van der Waals surface area contributed by atoms with Gasteiger partial charge in [-0.1, -0.05) is 25.3 Å². The molecule has 114 valence electrons. The van der Waals surface area contributed by atoms with E-state index in [0.717, 1.165) is 25.7 Å². The smallest absolute Gasteiger partial charge is 0.270 e. The van der Waals surface area contributed by atoms with Crippen molar-refractivity contribution in [1.29, 1.82) is 0 Å². The predicted octanol–water partition coefficient (Wildman–Crippen LogP) is 2.36. The van der Waals surface area contributed by atoms with Crippen molar-refractivity contribution >= 4 is 11.6 Å². The van der Waals surface area contributed by atoms with Crippen molar-refractivity contribution in [3.8, 4) is 0 Å². The molecule has 1 aliphatic rings. The van der Waals surface area contributed by atoms with Crippen molar-refractivity contribution in [2.75, 3.05) is 13.2 Å². The summed E-state index contributed by atoms with van der Waals surface area (Å²) in [5.74, 6) is -0.236. The maximum Gasteiger partial charge on any atom is 0.270 e. The third-order valence-electron chi connectivity index (χ3n) is 3.92. The number of aliphatic hydroxyl groups excluding tert-OH is 1. The van der Waals surface area contributed by atoms with Crippen LogP contribution in [-0.2, 0) is 0 Å². The Balaban J connectivity index is 2.20. The third-order valence-corrected chi connectivity index (χ3v) is 3.92. The zero-order valence-electron chi connectivity index (χ0n) is 11.9. The number of aliphatic hydroxyl groups is 1. The molecule has 0 bridgehead atoms. The molecule has 1 amide bonds. The first kappa shape index (κ1) is 15.4. The van der Waals surface area contributed by atoms with Crippen LogP contribution in [0.4, 0.5) is 5.69 Å². The second-order valence-corrected chi connectivity index (χ2v) is 5.32. The molecule has 1 aromatic carbocycles. The maximum absolute atomic E-state index is 12.6. The Morgan fingerprint density at radius 1 is 1.33 bits per heavy atom. The van der Waals surface area contributed by atoms with Gasteiger partial charge < -0.3 is 10.0 Å². The lowest BCUT2D eigenvalue weighted by atomic mass is 9.93. The summed E-state index contributed by atoms with van der Waals surface area (Å²) in [6.07, 6.45) is 5.19. The van der Waals surface area contributed by atoms with Crippen molar-refractivity contribution < 1.29 is 14.8 Å². The van der Waals surface area contributed by atoms with Gasteiger partial charge in [-0.15, -0.1) is 0 Å². The maximum atomic E-state index is 12.6. The molecule has 0 aromatic heterocycles. The van der Waals surface area contributed by atoms with Crippen molar-refractivity contribution in [3.05, 3.63) is 39.9 Å². The lowest BCUT2D eigenvalue weighted by Crippen LogP contribution is -2.43. The summed E-state index contributed by atoms with van der Waals surface area (Å²) in [6, 6.07) is 5.90. The summed E-state index contributed by atoms with van der Waals surface area (Å²) in [4.78, 5) is 24.6. The largest absolute Gasteiger partial charge is 0.395 e. The van der Waals surface area contributed by atoms with Gasteiger partial charge in [0.1, 0.15) is 0 Å². The van der Waals surface area contributed by atoms with E-state index < -0.39 is 4.92 Å². The number of nitrogens with zero attached hydrogens (tertiary/aromatic N) is 2. The number of hydrogen-bond acceptors (Lipinski definition) is 4. The van der Waals surface area contributed by atoms with Crippen molar-refractivity contribution in [2.45, 2.75) is 38.1 Å². The number of non-ortho nitro benzene ring substituents is 1. The molecule has 0 unspecified atom stereocenters. The summed E-state index contributed by atoms with van der Waals surface area (Å²) >= 11 is 0. The summed E-state index contributed by atoms with van der Waals surface area (Å²) < 4.78 is 0. The minimum Gasteiger partial charge on any atom is -0.395 e. The Morgan fingerprint density at radius 2 is 2.05 bits per heavy atom. The molecule has 0 atom stereocenters. The molecule has 6 heteroatoms. The highest BCUT2D eigenvalue weighted by Crippen LogP contribution is 2.24. The lowest BCUT2D eigenvalue weighted by molar-refractivity contribution is -0.384. The zero-order valence-corrected chi connectivity index (χ0v) is 11.9. The normalized spacial score (nSPS) is 15.7. The van der Waals surface area contributed by atoms with Crippen LogP contribution < -0.4 is 0 Å². The number of carbonyl (C=O) groups excluding carboxylic acids is 1. The number of rotatable bonds is 5. The lowest BCUT2D eigenvalue weighted by Gasteiger charge is -2.34. The number of nitro benzene ring substituents is 1. The van der Waals surface area contributed by atoms with E-state index in [1.807, 2.05) is 0 Å². The minimum atomic E-state index is -0.506. The summed E-state index contributed by atoms with van der Waals surface area (Å²) in [7, 11) is 0. The molecule has 1 saturated carbocycles. The van der Waals surface area contributed by atoms with Gasteiger partial charge in [0.15, 0.2) is 0 Å². The fraction of sp³-hybridized carbons (Fsp3) is 0.533. The average Bonchev–Trinajstić information content (AvgIpc) is 2.53. The molecule has 0 heterocycles. The third kappa shape index (κ3) is 3.78. The molecule has 1 N–H and O–H groups in total. The van der Waals surface area contributed by atoms with Crippen LogP contribution in [-0.4, -0.2) is 40.0 Å². The quantitative estimate of drug-likeness (QED) is 0.667. The Bertz CT molecular complexity index is 512. The molecule has 0 spiro atoms. The highest BCUT2D eigenvalue weighted by atomic mass is 16.6. The first-order valence-corrected chi connectivity index (χ1v) is 7.30. The van der Waals surface area contributed by atoms with Gasteiger partial charge in [0, 0.05) is 30.3 Å². The average molecular weight is 292 g/mol. The van der Waals surface area contributed by atoms with Crippen molar-refractivity contribution in [2.24, 2.45) is 0 Å². The van der Waals surface area contributed by atoms with E-state index >= 15 is 0 Å². The Labute approximate surface area is 123 Å². The summed E-state index contributed by atoms with van der Waals surface area (Å²) in [5.41, 5.74) is 0.219. The van der Waals surface area contributed by atoms with Crippen LogP contribution in [0.25, 0.3) is 0 Å². The second kappa shape index (κ2) is 7.17. The van der Waals surface area contributed by atoms with Gasteiger partial charge in [-0.05, 0) is 18.9 Å². The fourth-order valence-corrected chi connectivity index (χ4v) is 2.87. The van der Waals surface area contributed by atoms with Crippen LogP contribution in [0.15, 0.2) is 24.3 Å². The molecule has 21 heavy (non-hydrogen) atoms. The van der Waals surface area contributed by atoms with Gasteiger partial charge in [0.05, 0.1) is 11.5 Å². The minimum absolute atomic E-state index is 0.0894.